The summed E-state index contributed by atoms with van der Waals surface area (Å²) < 4.78 is 29.4. The number of rotatable bonds is 7. The van der Waals surface area contributed by atoms with Crippen LogP contribution in [0.4, 0.5) is 5.69 Å². The smallest absolute Gasteiger partial charge is 0.240 e. The molecule has 0 atom stereocenters. The van der Waals surface area contributed by atoms with Gasteiger partial charge in [0.2, 0.25) is 15.9 Å². The van der Waals surface area contributed by atoms with Crippen LogP contribution in [0.3, 0.4) is 0 Å². The first kappa shape index (κ1) is 16.7. The van der Waals surface area contributed by atoms with E-state index >= 15 is 0 Å². The molecule has 6 nitrogen and oxygen atoms in total. The normalized spacial score (nSPS) is 11.2. The lowest BCUT2D eigenvalue weighted by molar-refractivity contribution is -0.119. The molecule has 1 rings (SSSR count). The molecule has 0 aromatic heterocycles. The predicted molar refractivity (Wildman–Crippen MR) is 78.5 cm³/mol. The number of benzene rings is 1. The summed E-state index contributed by atoms with van der Waals surface area (Å²) in [6.07, 6.45) is 1.03. The first-order chi connectivity index (χ1) is 9.36. The van der Waals surface area contributed by atoms with Crippen molar-refractivity contribution >= 4 is 33.2 Å². The van der Waals surface area contributed by atoms with Gasteiger partial charge in [-0.2, -0.15) is 0 Å². The van der Waals surface area contributed by atoms with Gasteiger partial charge in [-0.15, -0.1) is 0 Å². The lowest BCUT2D eigenvalue weighted by Crippen LogP contribution is -2.41. The highest BCUT2D eigenvalue weighted by Gasteiger charge is 2.22. The van der Waals surface area contributed by atoms with Gasteiger partial charge in [-0.25, -0.2) is 8.42 Å². The maximum Gasteiger partial charge on any atom is 0.240 e. The highest BCUT2D eigenvalue weighted by Crippen LogP contribution is 2.26. The zero-order chi connectivity index (χ0) is 15.2. The van der Waals surface area contributed by atoms with E-state index in [9.17, 15) is 13.2 Å². The molecule has 112 valence electrons. The van der Waals surface area contributed by atoms with E-state index in [1.54, 1.807) is 24.3 Å². The highest BCUT2D eigenvalue weighted by atomic mass is 35.5. The number of sulfonamides is 1. The maximum absolute atomic E-state index is 11.8. The quantitative estimate of drug-likeness (QED) is 0.756. The molecular formula is C12H17ClN2O4S. The number of carbonyl (C=O) groups excluding carboxylic acids is 1. The van der Waals surface area contributed by atoms with Gasteiger partial charge in [0.05, 0.1) is 23.6 Å². The molecule has 1 amide bonds. The summed E-state index contributed by atoms with van der Waals surface area (Å²) in [5.41, 5.74) is 0.276. The summed E-state index contributed by atoms with van der Waals surface area (Å²) >= 11 is 5.98. The number of para-hydroxylation sites is 1. The van der Waals surface area contributed by atoms with Crippen LogP contribution >= 0.6 is 11.6 Å². The fourth-order valence-electron chi connectivity index (χ4n) is 1.51. The van der Waals surface area contributed by atoms with Crippen LogP contribution in [0, 0.1) is 0 Å². The average molecular weight is 321 g/mol. The number of hydrogen-bond donors (Lipinski definition) is 1. The molecule has 1 aromatic carbocycles. The molecule has 0 saturated carbocycles. The number of methoxy groups -OCH3 is 1. The van der Waals surface area contributed by atoms with Crippen LogP contribution in [0.25, 0.3) is 0 Å². The Morgan fingerprint density at radius 1 is 1.40 bits per heavy atom. The minimum atomic E-state index is -3.61. The van der Waals surface area contributed by atoms with E-state index in [2.05, 4.69) is 5.32 Å². The molecule has 8 heteroatoms. The summed E-state index contributed by atoms with van der Waals surface area (Å²) in [5.74, 6) is -0.424. The third kappa shape index (κ3) is 4.99. The summed E-state index contributed by atoms with van der Waals surface area (Å²) in [7, 11) is -2.10. The highest BCUT2D eigenvalue weighted by molar-refractivity contribution is 7.92. The second kappa shape index (κ2) is 7.47. The van der Waals surface area contributed by atoms with Crippen molar-refractivity contribution in [2.75, 3.05) is 37.4 Å². The van der Waals surface area contributed by atoms with E-state index in [0.717, 1.165) is 10.6 Å². The number of anilines is 1. The zero-order valence-corrected chi connectivity index (χ0v) is 12.9. The van der Waals surface area contributed by atoms with Gasteiger partial charge < -0.3 is 10.1 Å². The van der Waals surface area contributed by atoms with E-state index < -0.39 is 15.9 Å². The van der Waals surface area contributed by atoms with Gasteiger partial charge in [-0.3, -0.25) is 9.10 Å². The Labute approximate surface area is 123 Å². The first-order valence-electron chi connectivity index (χ1n) is 5.84. The van der Waals surface area contributed by atoms with Crippen LogP contribution in [0.15, 0.2) is 24.3 Å². The van der Waals surface area contributed by atoms with Crippen LogP contribution in [-0.4, -0.2) is 47.4 Å². The van der Waals surface area contributed by atoms with Crippen LogP contribution < -0.4 is 9.62 Å². The molecular weight excluding hydrogens is 304 g/mol. The molecule has 0 saturated heterocycles. The Bertz CT molecular complexity index is 562. The van der Waals surface area contributed by atoms with E-state index in [1.165, 1.54) is 7.11 Å². The SMILES string of the molecule is COCCNC(=O)CN(c1ccccc1Cl)S(C)(=O)=O. The van der Waals surface area contributed by atoms with Crippen molar-refractivity contribution in [3.63, 3.8) is 0 Å². The Morgan fingerprint density at radius 2 is 2.05 bits per heavy atom. The van der Waals surface area contributed by atoms with Gasteiger partial charge in [-0.05, 0) is 12.1 Å². The maximum atomic E-state index is 11.8. The van der Waals surface area contributed by atoms with Gasteiger partial charge in [0.25, 0.3) is 0 Å². The van der Waals surface area contributed by atoms with Crippen molar-refractivity contribution in [2.24, 2.45) is 0 Å². The summed E-state index contributed by atoms with van der Waals surface area (Å²) in [6, 6.07) is 6.46. The fourth-order valence-corrected chi connectivity index (χ4v) is 2.67. The molecule has 0 bridgehead atoms. The fraction of sp³-hybridized carbons (Fsp3) is 0.417. The molecule has 0 radical (unpaired) electrons. The summed E-state index contributed by atoms with van der Waals surface area (Å²) in [5, 5.41) is 2.83. The van der Waals surface area contributed by atoms with E-state index in [0.29, 0.717) is 13.2 Å². The standard InChI is InChI=1S/C12H17ClN2O4S/c1-19-8-7-14-12(16)9-15(20(2,17)18)11-6-4-3-5-10(11)13/h3-6H,7-9H2,1-2H3,(H,14,16). The van der Waals surface area contributed by atoms with Crippen molar-refractivity contribution in [3.05, 3.63) is 29.3 Å². The van der Waals surface area contributed by atoms with Gasteiger partial charge in [0.15, 0.2) is 0 Å². The number of carbonyl (C=O) groups is 1. The molecule has 1 N–H and O–H groups in total. The van der Waals surface area contributed by atoms with Gasteiger partial charge in [0, 0.05) is 13.7 Å². The van der Waals surface area contributed by atoms with E-state index in [4.69, 9.17) is 16.3 Å². The number of nitrogens with one attached hydrogen (secondary N) is 1. The van der Waals surface area contributed by atoms with Crippen molar-refractivity contribution in [1.82, 2.24) is 5.32 Å². The average Bonchev–Trinajstić information content (AvgIpc) is 2.36. The van der Waals surface area contributed by atoms with Crippen molar-refractivity contribution in [2.45, 2.75) is 0 Å². The monoisotopic (exact) mass is 320 g/mol. The molecule has 0 fully saturated rings. The minimum absolute atomic E-state index is 0.266. The molecule has 1 aromatic rings. The Kier molecular flexibility index (Phi) is 6.25. The third-order valence-corrected chi connectivity index (χ3v) is 3.88. The predicted octanol–water partition coefficient (Wildman–Crippen LogP) is 0.869. The number of halogens is 1. The molecule has 20 heavy (non-hydrogen) atoms. The summed E-state index contributed by atoms with van der Waals surface area (Å²) in [4.78, 5) is 11.7. The zero-order valence-electron chi connectivity index (χ0n) is 11.3. The third-order valence-electron chi connectivity index (χ3n) is 2.44. The Morgan fingerprint density at radius 3 is 2.60 bits per heavy atom. The van der Waals surface area contributed by atoms with E-state index in [1.807, 2.05) is 0 Å². The van der Waals surface area contributed by atoms with E-state index in [-0.39, 0.29) is 17.3 Å². The molecule has 0 heterocycles. The van der Waals surface area contributed by atoms with Gasteiger partial charge >= 0.3 is 0 Å². The molecule has 0 unspecified atom stereocenters. The Balaban J connectivity index is 2.88. The topological polar surface area (TPSA) is 75.7 Å². The van der Waals surface area contributed by atoms with Gasteiger partial charge in [0.1, 0.15) is 6.54 Å². The van der Waals surface area contributed by atoms with Crippen LogP contribution in [0.1, 0.15) is 0 Å². The molecule has 0 aliphatic rings. The Hall–Kier alpha value is -1.31. The molecule has 0 spiro atoms. The first-order valence-corrected chi connectivity index (χ1v) is 8.06. The lowest BCUT2D eigenvalue weighted by atomic mass is 10.3. The minimum Gasteiger partial charge on any atom is -0.383 e. The molecule has 0 aliphatic heterocycles. The molecule has 0 aliphatic carbocycles. The van der Waals surface area contributed by atoms with Crippen molar-refractivity contribution in [1.29, 1.82) is 0 Å². The van der Waals surface area contributed by atoms with Crippen molar-refractivity contribution in [3.8, 4) is 0 Å². The number of nitrogens with zero attached hydrogens (tertiary/aromatic N) is 1. The number of amides is 1. The number of hydrogen-bond acceptors (Lipinski definition) is 4. The van der Waals surface area contributed by atoms with Crippen LogP contribution in [0.5, 0.6) is 0 Å². The van der Waals surface area contributed by atoms with Crippen molar-refractivity contribution < 1.29 is 17.9 Å². The lowest BCUT2D eigenvalue weighted by Gasteiger charge is -2.22. The number of ether oxygens (including phenoxy) is 1. The van der Waals surface area contributed by atoms with Crippen LogP contribution in [0.2, 0.25) is 5.02 Å². The summed E-state index contributed by atoms with van der Waals surface area (Å²) in [6.45, 7) is 0.346. The second-order valence-corrected chi connectivity index (χ2v) is 6.38. The van der Waals surface area contributed by atoms with Gasteiger partial charge in [-0.1, -0.05) is 23.7 Å². The largest absolute Gasteiger partial charge is 0.383 e. The second-order valence-electron chi connectivity index (χ2n) is 4.06. The van der Waals surface area contributed by atoms with Crippen LogP contribution in [-0.2, 0) is 19.6 Å².